The lowest BCUT2D eigenvalue weighted by atomic mass is 10.1. The monoisotopic (exact) mass is 549 g/mol. The van der Waals surface area contributed by atoms with Crippen molar-refractivity contribution in [2.45, 2.75) is 30.9 Å². The van der Waals surface area contributed by atoms with Gasteiger partial charge >= 0.3 is 0 Å². The van der Waals surface area contributed by atoms with E-state index in [2.05, 4.69) is 16.3 Å². The molecule has 0 N–H and O–H groups in total. The van der Waals surface area contributed by atoms with Crippen molar-refractivity contribution in [2.24, 2.45) is 0 Å². The molecule has 4 aromatic rings. The van der Waals surface area contributed by atoms with Crippen molar-refractivity contribution < 1.29 is 14.4 Å². The van der Waals surface area contributed by atoms with Crippen LogP contribution in [0.25, 0.3) is 5.69 Å². The zero-order valence-electron chi connectivity index (χ0n) is 20.7. The molecule has 1 aromatic heterocycles. The number of hydrogen-bond acceptors (Lipinski definition) is 8. The number of halogens is 1. The van der Waals surface area contributed by atoms with E-state index < -0.39 is 5.25 Å². The van der Waals surface area contributed by atoms with Gasteiger partial charge in [-0.1, -0.05) is 47.6 Å². The first kappa shape index (κ1) is 27.0. The van der Waals surface area contributed by atoms with Gasteiger partial charge in [-0.3, -0.25) is 14.7 Å². The number of nitriles is 1. The first-order valence-electron chi connectivity index (χ1n) is 11.7. The molecule has 0 radical (unpaired) electrons. The van der Waals surface area contributed by atoms with E-state index in [1.54, 1.807) is 30.3 Å². The normalized spacial score (nSPS) is 11.5. The summed E-state index contributed by atoms with van der Waals surface area (Å²) in [7, 11) is 0. The van der Waals surface area contributed by atoms with Crippen LogP contribution in [-0.4, -0.2) is 32.8 Å². The average Bonchev–Trinajstić information content (AvgIpc) is 3.27. The van der Waals surface area contributed by atoms with Gasteiger partial charge in [-0.2, -0.15) is 5.26 Å². The fourth-order valence-corrected chi connectivity index (χ4v) is 5.20. The molecule has 0 bridgehead atoms. The summed E-state index contributed by atoms with van der Waals surface area (Å²) in [6.07, 6.45) is 0. The van der Waals surface area contributed by atoms with Gasteiger partial charge in [0.05, 0.1) is 23.3 Å². The first-order valence-corrected chi connectivity index (χ1v) is 13.0. The van der Waals surface area contributed by atoms with Crippen molar-refractivity contribution in [3.05, 3.63) is 104 Å². The summed E-state index contributed by atoms with van der Waals surface area (Å²) in [5, 5.41) is 29.6. The van der Waals surface area contributed by atoms with Crippen LogP contribution in [0, 0.1) is 28.4 Å². The van der Waals surface area contributed by atoms with Crippen LogP contribution in [0.15, 0.2) is 71.9 Å². The van der Waals surface area contributed by atoms with E-state index in [4.69, 9.17) is 21.1 Å². The van der Waals surface area contributed by atoms with Gasteiger partial charge in [0.1, 0.15) is 29.2 Å². The third-order valence-electron chi connectivity index (χ3n) is 5.61. The quantitative estimate of drug-likeness (QED) is 0.123. The zero-order chi connectivity index (χ0) is 27.1. The van der Waals surface area contributed by atoms with E-state index >= 15 is 0 Å². The minimum Gasteiger partial charge on any atom is -0.494 e. The topological polar surface area (TPSA) is 116 Å². The average molecular weight is 550 g/mol. The van der Waals surface area contributed by atoms with Crippen LogP contribution in [0.2, 0.25) is 5.02 Å². The molecule has 0 unspecified atom stereocenters. The van der Waals surface area contributed by atoms with E-state index in [1.165, 1.54) is 11.8 Å². The molecule has 0 fully saturated rings. The number of rotatable bonds is 11. The Kier molecular flexibility index (Phi) is 8.84. The van der Waals surface area contributed by atoms with Crippen LogP contribution in [0.1, 0.15) is 34.7 Å². The molecular formula is C27H24ClN5O4S. The van der Waals surface area contributed by atoms with Gasteiger partial charge in [-0.25, -0.2) is 0 Å². The number of hydrogen-bond donors (Lipinski definition) is 0. The van der Waals surface area contributed by atoms with E-state index in [-0.39, 0.29) is 18.1 Å². The predicted octanol–water partition coefficient (Wildman–Crippen LogP) is 6.19. The fraction of sp³-hybridized carbons (Fsp3) is 0.222. The number of nitro groups is 1. The Morgan fingerprint density at radius 3 is 2.58 bits per heavy atom. The third kappa shape index (κ3) is 6.43. The number of aryl methyl sites for hydroxylation is 1. The Hall–Kier alpha value is -4.07. The van der Waals surface area contributed by atoms with E-state index in [1.807, 2.05) is 54.8 Å². The zero-order valence-corrected chi connectivity index (χ0v) is 22.3. The minimum atomic E-state index is -0.582. The van der Waals surface area contributed by atoms with Crippen LogP contribution < -0.4 is 9.47 Å². The Balaban J connectivity index is 1.57. The minimum absolute atomic E-state index is 0.167. The molecule has 4 rings (SSSR count). The van der Waals surface area contributed by atoms with Gasteiger partial charge in [-0.05, 0) is 61.9 Å². The SMILES string of the molecule is CCOc1ccc(-n2c(C)nnc2S[C@@H](C[N+](=O)[O-])c2ccc(OCc3ccccc3C#N)c(Cl)c2)cc1. The van der Waals surface area contributed by atoms with Crippen molar-refractivity contribution in [3.8, 4) is 23.3 Å². The maximum Gasteiger partial charge on any atom is 0.220 e. The van der Waals surface area contributed by atoms with Crippen LogP contribution >= 0.6 is 23.4 Å². The summed E-state index contributed by atoms with van der Waals surface area (Å²) in [6.45, 7) is 4.13. The third-order valence-corrected chi connectivity index (χ3v) is 7.09. The van der Waals surface area contributed by atoms with Crippen LogP contribution in [0.5, 0.6) is 11.5 Å². The molecule has 194 valence electrons. The van der Waals surface area contributed by atoms with E-state index in [9.17, 15) is 15.4 Å². The highest BCUT2D eigenvalue weighted by atomic mass is 35.5. The summed E-state index contributed by atoms with van der Waals surface area (Å²) < 4.78 is 13.2. The largest absolute Gasteiger partial charge is 0.494 e. The second-order valence-electron chi connectivity index (χ2n) is 8.16. The number of benzene rings is 3. The summed E-state index contributed by atoms with van der Waals surface area (Å²) in [6, 6.07) is 21.9. The van der Waals surface area contributed by atoms with Crippen LogP contribution in [-0.2, 0) is 6.61 Å². The molecule has 3 aromatic carbocycles. The number of ether oxygens (including phenoxy) is 2. The van der Waals surface area contributed by atoms with E-state index in [0.717, 1.165) is 17.0 Å². The van der Waals surface area contributed by atoms with Crippen molar-refractivity contribution in [2.75, 3.05) is 13.2 Å². The number of thioether (sulfide) groups is 1. The molecule has 0 saturated carbocycles. The lowest BCUT2D eigenvalue weighted by Crippen LogP contribution is -2.11. The second-order valence-corrected chi connectivity index (χ2v) is 9.74. The molecule has 38 heavy (non-hydrogen) atoms. The molecule has 0 amide bonds. The Morgan fingerprint density at radius 2 is 1.89 bits per heavy atom. The highest BCUT2D eigenvalue weighted by Crippen LogP contribution is 2.39. The van der Waals surface area contributed by atoms with Gasteiger partial charge in [0, 0.05) is 16.2 Å². The van der Waals surface area contributed by atoms with Crippen LogP contribution in [0.4, 0.5) is 0 Å². The molecule has 0 spiro atoms. The van der Waals surface area contributed by atoms with Crippen molar-refractivity contribution in [1.29, 1.82) is 5.26 Å². The van der Waals surface area contributed by atoms with E-state index in [0.29, 0.717) is 39.5 Å². The first-order chi connectivity index (χ1) is 18.4. The van der Waals surface area contributed by atoms with Gasteiger partial charge in [0.15, 0.2) is 5.16 Å². The van der Waals surface area contributed by atoms with Gasteiger partial charge in [0.25, 0.3) is 0 Å². The standard InChI is InChI=1S/C27H24ClN5O4S/c1-3-36-23-11-9-22(10-12-23)33-18(2)30-31-27(33)38-26(16-32(34)35)19-8-13-25(24(28)14-19)37-17-21-7-5-4-6-20(21)15-29/h4-14,26H,3,16-17H2,1-2H3/t26-/m0/s1. The summed E-state index contributed by atoms with van der Waals surface area (Å²) >= 11 is 7.75. The number of nitrogens with zero attached hydrogens (tertiary/aromatic N) is 5. The van der Waals surface area contributed by atoms with Crippen molar-refractivity contribution >= 4 is 23.4 Å². The van der Waals surface area contributed by atoms with Gasteiger partial charge < -0.3 is 9.47 Å². The lowest BCUT2D eigenvalue weighted by molar-refractivity contribution is -0.479. The molecule has 0 aliphatic carbocycles. The highest BCUT2D eigenvalue weighted by molar-refractivity contribution is 7.99. The molecule has 11 heteroatoms. The molecule has 1 atom stereocenters. The highest BCUT2D eigenvalue weighted by Gasteiger charge is 2.25. The summed E-state index contributed by atoms with van der Waals surface area (Å²) in [4.78, 5) is 11.2. The fourth-order valence-electron chi connectivity index (χ4n) is 3.79. The van der Waals surface area contributed by atoms with Crippen LogP contribution in [0.3, 0.4) is 0 Å². The molecule has 1 heterocycles. The summed E-state index contributed by atoms with van der Waals surface area (Å²) in [5.74, 6) is 1.81. The Morgan fingerprint density at radius 1 is 1.13 bits per heavy atom. The molecule has 0 aliphatic heterocycles. The number of aromatic nitrogens is 3. The predicted molar refractivity (Wildman–Crippen MR) is 145 cm³/mol. The lowest BCUT2D eigenvalue weighted by Gasteiger charge is -2.16. The Labute approximate surface area is 229 Å². The van der Waals surface area contributed by atoms with Crippen molar-refractivity contribution in [1.82, 2.24) is 14.8 Å². The maximum atomic E-state index is 11.6. The molecule has 0 aliphatic rings. The Bertz CT molecular complexity index is 1470. The smallest absolute Gasteiger partial charge is 0.220 e. The maximum absolute atomic E-state index is 11.6. The molecule has 9 nitrogen and oxygen atoms in total. The molecule has 0 saturated heterocycles. The second kappa shape index (κ2) is 12.4. The van der Waals surface area contributed by atoms with Gasteiger partial charge in [0.2, 0.25) is 6.54 Å². The summed E-state index contributed by atoms with van der Waals surface area (Å²) in [5.41, 5.74) is 2.73. The molecular weight excluding hydrogens is 526 g/mol. The van der Waals surface area contributed by atoms with Gasteiger partial charge in [-0.15, -0.1) is 10.2 Å². The van der Waals surface area contributed by atoms with Crippen molar-refractivity contribution in [3.63, 3.8) is 0 Å².